The zero-order chi connectivity index (χ0) is 6.28. The Morgan fingerprint density at radius 2 is 1.75 bits per heavy atom. The number of carboxylic acids is 1. The Labute approximate surface area is 60.8 Å². The average molecular weight is 204 g/mol. The van der Waals surface area contributed by atoms with Crippen LogP contribution in [-0.2, 0) is 29.1 Å². The van der Waals surface area contributed by atoms with E-state index in [1.165, 1.54) is 0 Å². The normalized spacial score (nSPS) is 5.12. The van der Waals surface area contributed by atoms with E-state index in [-0.39, 0.29) is 25.9 Å². The fourth-order valence-electron chi connectivity index (χ4n) is 0. The first-order valence-electron chi connectivity index (χ1n) is 1.72. The largest absolute Gasteiger partial charge is 1.00 e. The second kappa shape index (κ2) is 15.9. The molecule has 0 bridgehead atoms. The van der Waals surface area contributed by atoms with E-state index in [2.05, 4.69) is 6.79 Å². The number of aliphatic carboxylic acids is 1. The summed E-state index contributed by atoms with van der Waals surface area (Å²) >= 11 is 0. The summed E-state index contributed by atoms with van der Waals surface area (Å²) in [6, 6.07) is 0. The Bertz CT molecular complexity index is 55.2. The molecule has 0 amide bonds. The molecule has 0 unspecified atom stereocenters. The zero-order valence-corrected chi connectivity index (χ0v) is 6.14. The summed E-state index contributed by atoms with van der Waals surface area (Å²) in [7, 11) is 0. The number of carboxylic acid groups (broad SMARTS) is 1. The smallest absolute Gasteiger partial charge is 0.545 e. The number of carbonyl (C=O) groups excluding carboxylic acids is 1. The minimum atomic E-state index is -0.745. The Morgan fingerprint density at radius 1 is 1.62 bits per heavy atom. The zero-order valence-electron chi connectivity index (χ0n) is 4.40. The van der Waals surface area contributed by atoms with E-state index in [0.29, 0.717) is 0 Å². The molecular weight excluding hydrogens is 197 g/mol. The van der Waals surface area contributed by atoms with Gasteiger partial charge in [0.2, 0.25) is 0 Å². The molecule has 0 heterocycles. The molecule has 0 aromatic rings. The fraction of sp³-hybridized carbons (Fsp3) is 0.500. The van der Waals surface area contributed by atoms with Crippen LogP contribution in [0.15, 0.2) is 0 Å². The first-order chi connectivity index (χ1) is 3.27. The molecule has 1 N–H and O–H groups in total. The van der Waals surface area contributed by atoms with Crippen molar-refractivity contribution in [2.75, 3.05) is 0 Å². The van der Waals surface area contributed by atoms with E-state index in [1.54, 1.807) is 6.92 Å². The third-order valence-corrected chi connectivity index (χ3v) is 0.302. The molecule has 3 nitrogen and oxygen atoms in total. The molecule has 8 heavy (non-hydrogen) atoms. The maximum absolute atomic E-state index is 9.37. The van der Waals surface area contributed by atoms with Crippen LogP contribution in [0.3, 0.4) is 0 Å². The van der Waals surface area contributed by atoms with Crippen molar-refractivity contribution in [1.82, 2.24) is 0 Å². The van der Waals surface area contributed by atoms with Crippen molar-refractivity contribution in [2.45, 2.75) is 13.3 Å². The van der Waals surface area contributed by atoms with Crippen LogP contribution < -0.4 is 0 Å². The topological polar surface area (TPSA) is 54.4 Å². The summed E-state index contributed by atoms with van der Waals surface area (Å²) in [5.41, 5.74) is 0. The van der Waals surface area contributed by atoms with Crippen LogP contribution in [0.1, 0.15) is 13.3 Å². The first kappa shape index (κ1) is 15.7. The van der Waals surface area contributed by atoms with Crippen LogP contribution in [0, 0.1) is 0 Å². The van der Waals surface area contributed by atoms with Crippen molar-refractivity contribution in [2.24, 2.45) is 0 Å². The van der Waals surface area contributed by atoms with Crippen molar-refractivity contribution in [3.63, 3.8) is 0 Å². The second-order valence-electron chi connectivity index (χ2n) is 0.747. The molecule has 0 aliphatic carbocycles. The Kier molecular flexibility index (Phi) is 31.0. The molecule has 0 fully saturated rings. The summed E-state index contributed by atoms with van der Waals surface area (Å²) in [6.45, 7) is 4.85. The van der Waals surface area contributed by atoms with Crippen molar-refractivity contribution in [3.8, 4) is 0 Å². The van der Waals surface area contributed by atoms with Gasteiger partial charge in [0.15, 0.2) is 0 Å². The maximum Gasteiger partial charge on any atom is 1.00 e. The van der Waals surface area contributed by atoms with Crippen molar-refractivity contribution in [3.05, 3.63) is 0 Å². The minimum Gasteiger partial charge on any atom is -0.545 e. The van der Waals surface area contributed by atoms with Crippen LogP contribution in [-0.4, -0.2) is 17.9 Å². The van der Waals surface area contributed by atoms with Gasteiger partial charge in [-0.05, 0) is 0 Å². The molecule has 0 aliphatic rings. The molecule has 0 aliphatic heterocycles. The van der Waals surface area contributed by atoms with Crippen molar-refractivity contribution < 1.29 is 34.2 Å². The summed E-state index contributed by atoms with van der Waals surface area (Å²) in [5.74, 6) is -0.745. The molecular formula is C4H7O3Ru. The van der Waals surface area contributed by atoms with Gasteiger partial charge in [-0.1, -0.05) is 6.92 Å². The van der Waals surface area contributed by atoms with Gasteiger partial charge in [0, 0.05) is 6.42 Å². The van der Waals surface area contributed by atoms with Crippen LogP contribution in [0.4, 0.5) is 0 Å². The van der Waals surface area contributed by atoms with E-state index in [0.717, 1.165) is 0 Å². The standard InChI is InChI=1S/C3H6O2.CHO.Ru/c1-2-3(4)5;1-2;/h2H2,1H3,(H,4,5);1H;/q;-1;+1. The predicted octanol–water partition coefficient (Wildman–Crippen LogP) is 0.204. The Morgan fingerprint density at radius 3 is 1.75 bits per heavy atom. The summed E-state index contributed by atoms with van der Waals surface area (Å²) in [5, 5.41) is 7.72. The van der Waals surface area contributed by atoms with Crippen LogP contribution in [0.2, 0.25) is 0 Å². The van der Waals surface area contributed by atoms with E-state index >= 15 is 0 Å². The molecule has 49 valence electrons. The van der Waals surface area contributed by atoms with E-state index < -0.39 is 5.97 Å². The monoisotopic (exact) mass is 205 g/mol. The molecule has 0 aromatic heterocycles. The van der Waals surface area contributed by atoms with Crippen LogP contribution in [0.5, 0.6) is 0 Å². The SMILES string of the molecule is CCC(=O)O.[CH-]=O.[Ru+]. The van der Waals surface area contributed by atoms with E-state index in [9.17, 15) is 4.79 Å². The van der Waals surface area contributed by atoms with Gasteiger partial charge in [-0.3, -0.25) is 11.6 Å². The van der Waals surface area contributed by atoms with Crippen LogP contribution >= 0.6 is 0 Å². The van der Waals surface area contributed by atoms with Crippen LogP contribution in [0.25, 0.3) is 0 Å². The molecule has 0 atom stereocenters. The van der Waals surface area contributed by atoms with Gasteiger partial charge in [-0.15, -0.1) is 0 Å². The number of carbonyl (C=O) groups is 1. The van der Waals surface area contributed by atoms with E-state index in [4.69, 9.17) is 9.90 Å². The number of hydrogen-bond donors (Lipinski definition) is 1. The number of rotatable bonds is 1. The Hall–Kier alpha value is -0.237. The quantitative estimate of drug-likeness (QED) is 0.377. The summed E-state index contributed by atoms with van der Waals surface area (Å²) in [6.07, 6.45) is 0.222. The molecule has 0 aromatic carbocycles. The van der Waals surface area contributed by atoms with Gasteiger partial charge >= 0.3 is 25.4 Å². The molecule has 0 rings (SSSR count). The molecule has 1 radical (unpaired) electrons. The predicted molar refractivity (Wildman–Crippen MR) is 24.7 cm³/mol. The number of hydrogen-bond acceptors (Lipinski definition) is 2. The Balaban J connectivity index is -0.0000000750. The molecule has 0 spiro atoms. The maximum atomic E-state index is 9.37. The van der Waals surface area contributed by atoms with Gasteiger partial charge in [0.25, 0.3) is 0 Å². The van der Waals surface area contributed by atoms with Crippen molar-refractivity contribution >= 4 is 12.8 Å². The van der Waals surface area contributed by atoms with Gasteiger partial charge in [-0.2, -0.15) is 0 Å². The third kappa shape index (κ3) is 42.1. The van der Waals surface area contributed by atoms with Crippen molar-refractivity contribution in [1.29, 1.82) is 0 Å². The van der Waals surface area contributed by atoms with Gasteiger partial charge in [0.1, 0.15) is 0 Å². The average Bonchev–Trinajstić information content (AvgIpc) is 1.73. The van der Waals surface area contributed by atoms with Gasteiger partial charge < -0.3 is 9.90 Å². The second-order valence-corrected chi connectivity index (χ2v) is 0.747. The molecule has 0 saturated carbocycles. The first-order valence-corrected chi connectivity index (χ1v) is 1.72. The molecule has 4 heteroatoms. The molecule has 0 saturated heterocycles. The summed E-state index contributed by atoms with van der Waals surface area (Å²) < 4.78 is 0. The minimum absolute atomic E-state index is 0. The third-order valence-electron chi connectivity index (χ3n) is 0.302. The fourth-order valence-corrected chi connectivity index (χ4v) is 0. The van der Waals surface area contributed by atoms with Gasteiger partial charge in [-0.25, -0.2) is 0 Å². The van der Waals surface area contributed by atoms with E-state index in [1.807, 2.05) is 0 Å². The summed E-state index contributed by atoms with van der Waals surface area (Å²) in [4.78, 5) is 17.1. The van der Waals surface area contributed by atoms with Gasteiger partial charge in [0.05, 0.1) is 0 Å².